The molecule has 0 spiro atoms. The number of carbonyl (C=O) groups excluding carboxylic acids is 1. The van der Waals surface area contributed by atoms with Gasteiger partial charge in [-0.25, -0.2) is 8.78 Å². The fourth-order valence-corrected chi connectivity index (χ4v) is 5.18. The molecule has 1 aliphatic rings. The molecule has 3 rings (SSSR count). The first-order valence-electron chi connectivity index (χ1n) is 11.9. The highest BCUT2D eigenvalue weighted by molar-refractivity contribution is 6.33. The Morgan fingerprint density at radius 3 is 2.54 bits per heavy atom. The number of hydrogen-bond donors (Lipinski definition) is 2. The fourth-order valence-electron chi connectivity index (χ4n) is 4.89. The number of amides is 1. The van der Waals surface area contributed by atoms with Crippen LogP contribution in [0.15, 0.2) is 22.7 Å². The van der Waals surface area contributed by atoms with Crippen molar-refractivity contribution >= 4 is 29.2 Å². The van der Waals surface area contributed by atoms with Gasteiger partial charge in [0, 0.05) is 24.7 Å². The molecule has 0 unspecified atom stereocenters. The first-order valence-corrected chi connectivity index (χ1v) is 12.3. The lowest BCUT2D eigenvalue weighted by Crippen LogP contribution is -2.26. The number of aryl methyl sites for hydroxylation is 1. The maximum atomic E-state index is 14.2. The number of hydrogen-bond acceptors (Lipinski definition) is 4. The van der Waals surface area contributed by atoms with Crippen molar-refractivity contribution in [3.8, 4) is 0 Å². The molecule has 0 bridgehead atoms. The Morgan fingerprint density at radius 2 is 1.97 bits per heavy atom. The third-order valence-corrected chi connectivity index (χ3v) is 6.75. The van der Waals surface area contributed by atoms with Crippen molar-refractivity contribution in [1.82, 2.24) is 5.16 Å². The molecule has 35 heavy (non-hydrogen) atoms. The summed E-state index contributed by atoms with van der Waals surface area (Å²) in [5.74, 6) is -1.92. The maximum absolute atomic E-state index is 14.2. The summed E-state index contributed by atoms with van der Waals surface area (Å²) in [4.78, 5) is 24.0. The van der Waals surface area contributed by atoms with Gasteiger partial charge in [0.25, 0.3) is 6.43 Å². The van der Waals surface area contributed by atoms with Gasteiger partial charge in [0.15, 0.2) is 0 Å². The Hall–Kier alpha value is -2.48. The van der Waals surface area contributed by atoms with Crippen LogP contribution in [0.5, 0.6) is 0 Å². The number of carbonyl (C=O) groups is 2. The highest BCUT2D eigenvalue weighted by atomic mass is 35.5. The Labute approximate surface area is 209 Å². The van der Waals surface area contributed by atoms with Crippen LogP contribution in [-0.4, -0.2) is 22.1 Å². The molecular formula is C26H33ClF2N2O4. The predicted molar refractivity (Wildman–Crippen MR) is 130 cm³/mol. The van der Waals surface area contributed by atoms with Crippen LogP contribution in [0.3, 0.4) is 0 Å². The maximum Gasteiger partial charge on any atom is 0.303 e. The van der Waals surface area contributed by atoms with E-state index in [4.69, 9.17) is 16.1 Å². The summed E-state index contributed by atoms with van der Waals surface area (Å²) < 4.78 is 33.8. The predicted octanol–water partition coefficient (Wildman–Crippen LogP) is 7.48. The molecule has 6 nitrogen and oxygen atoms in total. The number of rotatable bonds is 10. The van der Waals surface area contributed by atoms with E-state index < -0.39 is 24.2 Å². The monoisotopic (exact) mass is 510 g/mol. The van der Waals surface area contributed by atoms with Crippen molar-refractivity contribution in [2.24, 2.45) is 11.3 Å². The summed E-state index contributed by atoms with van der Waals surface area (Å²) in [5, 5.41) is 16.2. The van der Waals surface area contributed by atoms with Crippen LogP contribution in [0.25, 0.3) is 0 Å². The molecule has 1 heterocycles. The topological polar surface area (TPSA) is 92.4 Å². The molecule has 1 fully saturated rings. The van der Waals surface area contributed by atoms with E-state index in [1.807, 2.05) is 6.92 Å². The Kier molecular flexibility index (Phi) is 8.57. The first kappa shape index (κ1) is 27.1. The molecule has 0 saturated heterocycles. The summed E-state index contributed by atoms with van der Waals surface area (Å²) >= 11 is 6.19. The van der Waals surface area contributed by atoms with Crippen molar-refractivity contribution < 1.29 is 28.0 Å². The third-order valence-electron chi connectivity index (χ3n) is 6.43. The molecule has 0 aliphatic heterocycles. The lowest BCUT2D eigenvalue weighted by Gasteiger charge is -2.38. The van der Waals surface area contributed by atoms with Gasteiger partial charge in [-0.05, 0) is 61.6 Å². The molecule has 1 aromatic heterocycles. The lowest BCUT2D eigenvalue weighted by molar-refractivity contribution is -0.137. The van der Waals surface area contributed by atoms with Gasteiger partial charge in [-0.15, -0.1) is 0 Å². The molecule has 0 radical (unpaired) electrons. The zero-order valence-corrected chi connectivity index (χ0v) is 21.3. The van der Waals surface area contributed by atoms with E-state index in [2.05, 4.69) is 31.2 Å². The number of carboxylic acids is 1. The van der Waals surface area contributed by atoms with E-state index in [0.29, 0.717) is 16.6 Å². The average molecular weight is 511 g/mol. The molecule has 1 aromatic carbocycles. The number of aromatic nitrogens is 1. The van der Waals surface area contributed by atoms with Crippen LogP contribution in [0.4, 0.5) is 14.5 Å². The molecule has 192 valence electrons. The van der Waals surface area contributed by atoms with Crippen molar-refractivity contribution in [2.45, 2.75) is 84.5 Å². The zero-order chi connectivity index (χ0) is 25.9. The number of nitrogens with one attached hydrogen (secondary N) is 1. The number of nitrogens with zero attached hydrogens (tertiary/aromatic N) is 1. The van der Waals surface area contributed by atoms with Gasteiger partial charge in [0.2, 0.25) is 5.91 Å². The molecular weight excluding hydrogens is 478 g/mol. The fraction of sp³-hybridized carbons (Fsp3) is 0.577. The SMILES string of the molecule is Cc1ccc(NC(=O)C[C@@H](CCC(=O)O)c2noc(C3CC(CC(C)(C)C)C3)c2C(F)F)c(Cl)c1. The molecule has 9 heteroatoms. The third kappa shape index (κ3) is 7.26. The van der Waals surface area contributed by atoms with E-state index in [1.54, 1.807) is 18.2 Å². The van der Waals surface area contributed by atoms with Crippen LogP contribution >= 0.6 is 11.6 Å². The number of aliphatic carboxylic acids is 1. The summed E-state index contributed by atoms with van der Waals surface area (Å²) in [6, 6.07) is 5.14. The number of anilines is 1. The van der Waals surface area contributed by atoms with Crippen molar-refractivity contribution in [1.29, 1.82) is 0 Å². The second kappa shape index (κ2) is 11.1. The van der Waals surface area contributed by atoms with Crippen LogP contribution in [0.1, 0.15) is 100 Å². The van der Waals surface area contributed by atoms with Crippen LogP contribution in [-0.2, 0) is 9.59 Å². The van der Waals surface area contributed by atoms with Crippen molar-refractivity contribution in [2.75, 3.05) is 5.32 Å². The van der Waals surface area contributed by atoms with Gasteiger partial charge in [-0.1, -0.05) is 43.6 Å². The molecule has 2 aromatic rings. The van der Waals surface area contributed by atoms with E-state index in [-0.39, 0.29) is 47.6 Å². The Bertz CT molecular complexity index is 1060. The Balaban J connectivity index is 1.80. The standard InChI is InChI=1S/C26H33ClF2N2O4/c1-14-5-7-19(18(27)9-14)30-20(32)12-16(6-8-21(33)34)23-22(25(28)29)24(35-31-23)17-10-15(11-17)13-26(2,3)4/h5,7,9,15-17,25H,6,8,10-13H2,1-4H3,(H,30,32)(H,33,34)/t15?,16-,17?/m1/s1. The highest BCUT2D eigenvalue weighted by Crippen LogP contribution is 2.50. The molecule has 2 N–H and O–H groups in total. The smallest absolute Gasteiger partial charge is 0.303 e. The van der Waals surface area contributed by atoms with E-state index in [1.165, 1.54) is 0 Å². The van der Waals surface area contributed by atoms with Gasteiger partial charge in [0.05, 0.1) is 22.0 Å². The highest BCUT2D eigenvalue weighted by Gasteiger charge is 2.40. The largest absolute Gasteiger partial charge is 0.481 e. The minimum absolute atomic E-state index is 0.0204. The van der Waals surface area contributed by atoms with Crippen LogP contribution in [0.2, 0.25) is 5.02 Å². The second-order valence-electron chi connectivity index (χ2n) is 10.8. The number of benzene rings is 1. The van der Waals surface area contributed by atoms with Gasteiger partial charge in [-0.3, -0.25) is 9.59 Å². The van der Waals surface area contributed by atoms with Gasteiger partial charge in [0.1, 0.15) is 5.76 Å². The summed E-state index contributed by atoms with van der Waals surface area (Å²) in [7, 11) is 0. The van der Waals surface area contributed by atoms with Gasteiger partial charge in [-0.2, -0.15) is 0 Å². The minimum Gasteiger partial charge on any atom is -0.481 e. The van der Waals surface area contributed by atoms with Crippen LogP contribution in [0, 0.1) is 18.3 Å². The van der Waals surface area contributed by atoms with E-state index in [9.17, 15) is 23.5 Å². The number of alkyl halides is 2. The molecule has 1 atom stereocenters. The van der Waals surface area contributed by atoms with E-state index in [0.717, 1.165) is 24.8 Å². The van der Waals surface area contributed by atoms with E-state index >= 15 is 0 Å². The zero-order valence-electron chi connectivity index (χ0n) is 20.5. The number of carboxylic acid groups (broad SMARTS) is 1. The summed E-state index contributed by atoms with van der Waals surface area (Å²) in [5.41, 5.74) is 1.16. The molecule has 1 saturated carbocycles. The molecule has 1 amide bonds. The second-order valence-corrected chi connectivity index (χ2v) is 11.2. The van der Waals surface area contributed by atoms with Gasteiger partial charge >= 0.3 is 5.97 Å². The summed E-state index contributed by atoms with van der Waals surface area (Å²) in [6.45, 7) is 8.32. The van der Waals surface area contributed by atoms with Crippen LogP contribution < -0.4 is 5.32 Å². The lowest BCUT2D eigenvalue weighted by atomic mass is 9.67. The summed E-state index contributed by atoms with van der Waals surface area (Å²) in [6.07, 6.45) is -0.874. The Morgan fingerprint density at radius 1 is 1.29 bits per heavy atom. The normalized spacial score (nSPS) is 18.9. The average Bonchev–Trinajstić information content (AvgIpc) is 3.13. The van der Waals surface area contributed by atoms with Crippen molar-refractivity contribution in [3.63, 3.8) is 0 Å². The number of halogens is 3. The minimum atomic E-state index is -2.84. The quantitative estimate of drug-likeness (QED) is 0.345. The molecule has 1 aliphatic carbocycles. The van der Waals surface area contributed by atoms with Crippen molar-refractivity contribution in [3.05, 3.63) is 45.8 Å². The first-order chi connectivity index (χ1) is 16.3. The van der Waals surface area contributed by atoms with Gasteiger partial charge < -0.3 is 14.9 Å².